The number of carbonyl (C=O) groups excluding carboxylic acids is 1. The van der Waals surface area contributed by atoms with E-state index in [1.807, 2.05) is 12.1 Å². The molecule has 1 aliphatic heterocycles. The van der Waals surface area contributed by atoms with Crippen molar-refractivity contribution in [3.63, 3.8) is 0 Å². The summed E-state index contributed by atoms with van der Waals surface area (Å²) in [5.74, 6) is 0.761. The van der Waals surface area contributed by atoms with E-state index < -0.39 is 0 Å². The number of nitrogens with one attached hydrogen (secondary N) is 2. The van der Waals surface area contributed by atoms with Crippen LogP contribution in [0.4, 0.5) is 0 Å². The molecule has 2 atom stereocenters. The first kappa shape index (κ1) is 15.2. The van der Waals surface area contributed by atoms with Gasteiger partial charge in [0.2, 0.25) is 0 Å². The molecule has 1 amide bonds. The van der Waals surface area contributed by atoms with E-state index in [4.69, 9.17) is 4.74 Å². The zero-order valence-electron chi connectivity index (χ0n) is 13.7. The molecule has 6 heteroatoms. The molecule has 24 heavy (non-hydrogen) atoms. The molecular formula is C18H22N4O2. The van der Waals surface area contributed by atoms with Crippen LogP contribution in [0, 0.1) is 0 Å². The van der Waals surface area contributed by atoms with Gasteiger partial charge in [0.1, 0.15) is 11.4 Å². The Morgan fingerprint density at radius 1 is 1.33 bits per heavy atom. The Hall–Kier alpha value is -2.34. The standard InChI is InChI=1S/C18H22N4O2/c1-24-14-4-2-3-12(11-14)17-15(8-10-22(17)13-5-6-13)20-18(23)16-7-9-19-21-16/h2-4,7,9,11,13,15,17H,5-6,8,10H2,1H3,(H,19,21)(H,20,23)/t15-,17+/m0/s1. The fourth-order valence-electron chi connectivity index (χ4n) is 3.66. The summed E-state index contributed by atoms with van der Waals surface area (Å²) in [5.41, 5.74) is 1.71. The lowest BCUT2D eigenvalue weighted by atomic mass is 9.99. The van der Waals surface area contributed by atoms with Crippen LogP contribution in [0.3, 0.4) is 0 Å². The van der Waals surface area contributed by atoms with Crippen LogP contribution in [0.15, 0.2) is 36.5 Å². The van der Waals surface area contributed by atoms with Crippen LogP contribution in [0.25, 0.3) is 0 Å². The zero-order valence-corrected chi connectivity index (χ0v) is 13.7. The van der Waals surface area contributed by atoms with Crippen LogP contribution in [-0.4, -0.2) is 46.7 Å². The molecule has 4 rings (SSSR count). The van der Waals surface area contributed by atoms with Gasteiger partial charge in [0.05, 0.1) is 19.2 Å². The molecule has 0 radical (unpaired) electrons. The second-order valence-electron chi connectivity index (χ2n) is 6.53. The zero-order chi connectivity index (χ0) is 16.5. The van der Waals surface area contributed by atoms with E-state index in [0.29, 0.717) is 11.7 Å². The quantitative estimate of drug-likeness (QED) is 0.883. The average molecular weight is 326 g/mol. The van der Waals surface area contributed by atoms with Gasteiger partial charge in [-0.2, -0.15) is 5.10 Å². The number of methoxy groups -OCH3 is 1. The molecule has 1 aromatic heterocycles. The Morgan fingerprint density at radius 3 is 2.92 bits per heavy atom. The number of aromatic nitrogens is 2. The van der Waals surface area contributed by atoms with Gasteiger partial charge < -0.3 is 10.1 Å². The fourth-order valence-corrected chi connectivity index (χ4v) is 3.66. The topological polar surface area (TPSA) is 70.2 Å². The van der Waals surface area contributed by atoms with Crippen molar-refractivity contribution < 1.29 is 9.53 Å². The SMILES string of the molecule is COc1cccc([C@@H]2[C@@H](NC(=O)c3ccn[nH]3)CCN2C2CC2)c1. The molecule has 0 spiro atoms. The van der Waals surface area contributed by atoms with Gasteiger partial charge in [-0.25, -0.2) is 0 Å². The third kappa shape index (κ3) is 2.89. The third-order valence-electron chi connectivity index (χ3n) is 4.95. The molecule has 1 saturated carbocycles. The molecule has 1 aromatic carbocycles. The fraction of sp³-hybridized carbons (Fsp3) is 0.444. The molecule has 2 N–H and O–H groups in total. The highest BCUT2D eigenvalue weighted by Crippen LogP contribution is 2.41. The van der Waals surface area contributed by atoms with E-state index in [0.717, 1.165) is 18.7 Å². The Morgan fingerprint density at radius 2 is 2.21 bits per heavy atom. The maximum atomic E-state index is 12.4. The average Bonchev–Trinajstić information content (AvgIpc) is 3.14. The van der Waals surface area contributed by atoms with Gasteiger partial charge in [0.25, 0.3) is 5.91 Å². The van der Waals surface area contributed by atoms with Gasteiger partial charge >= 0.3 is 0 Å². The Balaban J connectivity index is 1.59. The number of benzene rings is 1. The molecular weight excluding hydrogens is 304 g/mol. The highest BCUT2D eigenvalue weighted by molar-refractivity contribution is 5.92. The van der Waals surface area contributed by atoms with Crippen LogP contribution >= 0.6 is 0 Å². The van der Waals surface area contributed by atoms with Crippen molar-refractivity contribution in [2.24, 2.45) is 0 Å². The van der Waals surface area contributed by atoms with E-state index in [1.54, 1.807) is 19.4 Å². The van der Waals surface area contributed by atoms with E-state index in [2.05, 4.69) is 32.5 Å². The minimum absolute atomic E-state index is 0.0912. The van der Waals surface area contributed by atoms with Crippen molar-refractivity contribution >= 4 is 5.91 Å². The lowest BCUT2D eigenvalue weighted by Gasteiger charge is -2.29. The van der Waals surface area contributed by atoms with Gasteiger partial charge in [0.15, 0.2) is 0 Å². The number of ether oxygens (including phenoxy) is 1. The summed E-state index contributed by atoms with van der Waals surface area (Å²) in [7, 11) is 1.68. The number of hydrogen-bond acceptors (Lipinski definition) is 4. The first-order valence-electron chi connectivity index (χ1n) is 8.46. The lowest BCUT2D eigenvalue weighted by molar-refractivity contribution is 0.0918. The molecule has 2 fully saturated rings. The Labute approximate surface area is 141 Å². The maximum absolute atomic E-state index is 12.4. The number of nitrogens with zero attached hydrogens (tertiary/aromatic N) is 2. The van der Waals surface area contributed by atoms with Crippen LogP contribution in [0.2, 0.25) is 0 Å². The number of H-pyrrole nitrogens is 1. The molecule has 2 heterocycles. The molecule has 0 bridgehead atoms. The predicted octanol–water partition coefficient (Wildman–Crippen LogP) is 2.13. The number of carbonyl (C=O) groups is 1. The van der Waals surface area contributed by atoms with Crippen molar-refractivity contribution in [2.75, 3.05) is 13.7 Å². The molecule has 1 aliphatic carbocycles. The molecule has 6 nitrogen and oxygen atoms in total. The van der Waals surface area contributed by atoms with Crippen molar-refractivity contribution in [1.29, 1.82) is 0 Å². The number of amides is 1. The molecule has 2 aliphatic rings. The van der Waals surface area contributed by atoms with Crippen LogP contribution in [0.5, 0.6) is 5.75 Å². The summed E-state index contributed by atoms with van der Waals surface area (Å²) in [6.07, 6.45) is 5.06. The molecule has 126 valence electrons. The minimum Gasteiger partial charge on any atom is -0.497 e. The Bertz CT molecular complexity index is 712. The second-order valence-corrected chi connectivity index (χ2v) is 6.53. The molecule has 0 unspecified atom stereocenters. The van der Waals surface area contributed by atoms with Gasteiger partial charge in [-0.3, -0.25) is 14.8 Å². The van der Waals surface area contributed by atoms with Crippen LogP contribution in [-0.2, 0) is 0 Å². The predicted molar refractivity (Wildman–Crippen MR) is 89.9 cm³/mol. The summed E-state index contributed by atoms with van der Waals surface area (Å²) in [5, 5.41) is 9.78. The van der Waals surface area contributed by atoms with E-state index in [-0.39, 0.29) is 18.0 Å². The number of hydrogen-bond donors (Lipinski definition) is 2. The van der Waals surface area contributed by atoms with E-state index in [9.17, 15) is 4.79 Å². The normalized spacial score (nSPS) is 24.0. The van der Waals surface area contributed by atoms with Crippen LogP contribution in [0.1, 0.15) is 41.4 Å². The van der Waals surface area contributed by atoms with Gasteiger partial charge in [-0.15, -0.1) is 0 Å². The Kier molecular flexibility index (Phi) is 3.98. The summed E-state index contributed by atoms with van der Waals surface area (Å²) < 4.78 is 5.38. The summed E-state index contributed by atoms with van der Waals surface area (Å²) in [6.45, 7) is 1.01. The first-order chi connectivity index (χ1) is 11.8. The van der Waals surface area contributed by atoms with Crippen molar-refractivity contribution in [3.05, 3.63) is 47.8 Å². The summed E-state index contributed by atoms with van der Waals surface area (Å²) in [6, 6.07) is 10.8. The van der Waals surface area contributed by atoms with Crippen LogP contribution < -0.4 is 10.1 Å². The van der Waals surface area contributed by atoms with Crippen molar-refractivity contribution in [3.8, 4) is 5.75 Å². The number of aromatic amines is 1. The second kappa shape index (κ2) is 6.28. The summed E-state index contributed by atoms with van der Waals surface area (Å²) in [4.78, 5) is 15.0. The highest BCUT2D eigenvalue weighted by atomic mass is 16.5. The van der Waals surface area contributed by atoms with Gasteiger partial charge in [-0.1, -0.05) is 12.1 Å². The van der Waals surface area contributed by atoms with Crippen molar-refractivity contribution in [1.82, 2.24) is 20.4 Å². The maximum Gasteiger partial charge on any atom is 0.269 e. The monoisotopic (exact) mass is 326 g/mol. The van der Waals surface area contributed by atoms with Crippen molar-refractivity contribution in [2.45, 2.75) is 37.4 Å². The first-order valence-corrected chi connectivity index (χ1v) is 8.46. The lowest BCUT2D eigenvalue weighted by Crippen LogP contribution is -2.40. The van der Waals surface area contributed by atoms with Gasteiger partial charge in [-0.05, 0) is 43.0 Å². The van der Waals surface area contributed by atoms with Gasteiger partial charge in [0, 0.05) is 18.8 Å². The smallest absolute Gasteiger partial charge is 0.269 e. The third-order valence-corrected chi connectivity index (χ3v) is 4.95. The molecule has 1 saturated heterocycles. The number of likely N-dealkylation sites (tertiary alicyclic amines) is 1. The molecule has 2 aromatic rings. The highest BCUT2D eigenvalue weighted by Gasteiger charge is 2.43. The number of rotatable bonds is 5. The minimum atomic E-state index is -0.0944. The van der Waals surface area contributed by atoms with E-state index in [1.165, 1.54) is 18.4 Å². The largest absolute Gasteiger partial charge is 0.497 e. The van der Waals surface area contributed by atoms with E-state index >= 15 is 0 Å². The summed E-state index contributed by atoms with van der Waals surface area (Å²) >= 11 is 0.